The van der Waals surface area contributed by atoms with Crippen molar-refractivity contribution in [2.75, 3.05) is 20.8 Å². The molecule has 0 bridgehead atoms. The standard InChI is InChI=1S/C27H24N2O4/c1-31-23-15-20-13-14-29(26(19-11-7-4-8-12-19)21(20)16-24(23)32-2)27(30)25-17-22(28-33-25)18-9-5-3-6-10-18/h3-12,15-17,26H,13-14H2,1-2H3. The second-order valence-electron chi connectivity index (χ2n) is 7.91. The van der Waals surface area contributed by atoms with Gasteiger partial charge in [-0.25, -0.2) is 0 Å². The van der Waals surface area contributed by atoms with Gasteiger partial charge in [0.2, 0.25) is 5.76 Å². The fourth-order valence-electron chi connectivity index (χ4n) is 4.42. The number of nitrogens with zero attached hydrogens (tertiary/aromatic N) is 2. The molecule has 0 radical (unpaired) electrons. The van der Waals surface area contributed by atoms with Gasteiger partial charge in [-0.1, -0.05) is 65.8 Å². The summed E-state index contributed by atoms with van der Waals surface area (Å²) < 4.78 is 16.6. The van der Waals surface area contributed by atoms with E-state index in [1.807, 2.05) is 77.7 Å². The highest BCUT2D eigenvalue weighted by molar-refractivity contribution is 5.93. The van der Waals surface area contributed by atoms with Crippen LogP contribution < -0.4 is 9.47 Å². The Balaban J connectivity index is 1.56. The molecule has 6 nitrogen and oxygen atoms in total. The molecule has 1 unspecified atom stereocenters. The van der Waals surface area contributed by atoms with Crippen molar-refractivity contribution in [2.45, 2.75) is 12.5 Å². The summed E-state index contributed by atoms with van der Waals surface area (Å²) in [7, 11) is 3.25. The lowest BCUT2D eigenvalue weighted by Gasteiger charge is -2.37. The Kier molecular flexibility index (Phi) is 5.57. The molecule has 2 heterocycles. The maximum atomic E-state index is 13.7. The lowest BCUT2D eigenvalue weighted by molar-refractivity contribution is 0.0651. The zero-order chi connectivity index (χ0) is 22.8. The number of aromatic nitrogens is 1. The first-order valence-corrected chi connectivity index (χ1v) is 10.8. The predicted molar refractivity (Wildman–Crippen MR) is 125 cm³/mol. The minimum atomic E-state index is -0.285. The Morgan fingerprint density at radius 3 is 2.30 bits per heavy atom. The Bertz CT molecular complexity index is 1270. The first kappa shape index (κ1) is 20.8. The molecule has 0 saturated heterocycles. The number of benzene rings is 3. The van der Waals surface area contributed by atoms with Gasteiger partial charge >= 0.3 is 0 Å². The molecule has 0 fully saturated rings. The van der Waals surface area contributed by atoms with Gasteiger partial charge in [0.1, 0.15) is 5.69 Å². The van der Waals surface area contributed by atoms with Crippen molar-refractivity contribution in [2.24, 2.45) is 0 Å². The molecule has 6 heteroatoms. The first-order chi connectivity index (χ1) is 16.2. The molecule has 0 N–H and O–H groups in total. The number of amides is 1. The number of carbonyl (C=O) groups is 1. The molecular weight excluding hydrogens is 416 g/mol. The second kappa shape index (κ2) is 8.82. The number of ether oxygens (including phenoxy) is 2. The van der Waals surface area contributed by atoms with Crippen LogP contribution in [0.4, 0.5) is 0 Å². The maximum absolute atomic E-state index is 13.7. The van der Waals surface area contributed by atoms with Crippen LogP contribution in [0.2, 0.25) is 0 Å². The molecule has 4 aromatic rings. The summed E-state index contributed by atoms with van der Waals surface area (Å²) in [6.07, 6.45) is 0.699. The van der Waals surface area contributed by atoms with E-state index in [1.165, 1.54) is 0 Å². The Hall–Kier alpha value is -4.06. The summed E-state index contributed by atoms with van der Waals surface area (Å²) in [5.74, 6) is 1.35. The minimum absolute atomic E-state index is 0.195. The van der Waals surface area contributed by atoms with Crippen LogP contribution in [0, 0.1) is 0 Å². The van der Waals surface area contributed by atoms with E-state index >= 15 is 0 Å². The SMILES string of the molecule is COc1cc2c(cc1OC)C(c1ccccc1)N(C(=O)c1cc(-c3ccccc3)no1)CC2. The molecule has 0 aliphatic carbocycles. The van der Waals surface area contributed by atoms with Gasteiger partial charge in [0.05, 0.1) is 20.3 Å². The predicted octanol–water partition coefficient (Wildman–Crippen LogP) is 5.15. The van der Waals surface area contributed by atoms with E-state index in [0.717, 1.165) is 22.3 Å². The lowest BCUT2D eigenvalue weighted by Crippen LogP contribution is -2.40. The summed E-state index contributed by atoms with van der Waals surface area (Å²) >= 11 is 0. The molecule has 0 saturated carbocycles. The molecule has 1 amide bonds. The van der Waals surface area contributed by atoms with Gasteiger partial charge < -0.3 is 18.9 Å². The fourth-order valence-corrected chi connectivity index (χ4v) is 4.42. The van der Waals surface area contributed by atoms with E-state index < -0.39 is 0 Å². The molecule has 5 rings (SSSR count). The van der Waals surface area contributed by atoms with Gasteiger partial charge in [-0.15, -0.1) is 0 Å². The minimum Gasteiger partial charge on any atom is -0.493 e. The van der Waals surface area contributed by atoms with E-state index in [4.69, 9.17) is 14.0 Å². The van der Waals surface area contributed by atoms with Crippen LogP contribution in [-0.2, 0) is 6.42 Å². The van der Waals surface area contributed by atoms with Crippen molar-refractivity contribution in [3.63, 3.8) is 0 Å². The summed E-state index contributed by atoms with van der Waals surface area (Å²) in [6.45, 7) is 0.544. The monoisotopic (exact) mass is 440 g/mol. The van der Waals surface area contributed by atoms with Crippen LogP contribution in [0.3, 0.4) is 0 Å². The zero-order valence-electron chi connectivity index (χ0n) is 18.5. The molecule has 166 valence electrons. The summed E-state index contributed by atoms with van der Waals surface area (Å²) in [4.78, 5) is 15.5. The largest absolute Gasteiger partial charge is 0.493 e. The van der Waals surface area contributed by atoms with Gasteiger partial charge in [-0.05, 0) is 35.2 Å². The van der Waals surface area contributed by atoms with E-state index in [-0.39, 0.29) is 17.7 Å². The highest BCUT2D eigenvalue weighted by atomic mass is 16.5. The summed E-state index contributed by atoms with van der Waals surface area (Å²) in [5.41, 5.74) is 4.70. The second-order valence-corrected chi connectivity index (χ2v) is 7.91. The van der Waals surface area contributed by atoms with Gasteiger partial charge in [-0.3, -0.25) is 4.79 Å². The van der Waals surface area contributed by atoms with Crippen molar-refractivity contribution in [1.29, 1.82) is 0 Å². The van der Waals surface area contributed by atoms with Crippen molar-refractivity contribution < 1.29 is 18.8 Å². The molecule has 1 atom stereocenters. The van der Waals surface area contributed by atoms with Crippen LogP contribution >= 0.6 is 0 Å². The van der Waals surface area contributed by atoms with Crippen LogP contribution in [-0.4, -0.2) is 36.7 Å². The smallest absolute Gasteiger partial charge is 0.293 e. The lowest BCUT2D eigenvalue weighted by atomic mass is 9.87. The Morgan fingerprint density at radius 2 is 1.61 bits per heavy atom. The number of rotatable bonds is 5. The van der Waals surface area contributed by atoms with Crippen LogP contribution in [0.5, 0.6) is 11.5 Å². The van der Waals surface area contributed by atoms with Gasteiger partial charge in [0.25, 0.3) is 5.91 Å². The maximum Gasteiger partial charge on any atom is 0.293 e. The number of hydrogen-bond donors (Lipinski definition) is 0. The molecule has 33 heavy (non-hydrogen) atoms. The van der Waals surface area contributed by atoms with Crippen molar-refractivity contribution in [3.05, 3.63) is 101 Å². The third-order valence-electron chi connectivity index (χ3n) is 6.04. The molecular formula is C27H24N2O4. The number of carbonyl (C=O) groups excluding carboxylic acids is 1. The molecule has 0 spiro atoms. The van der Waals surface area contributed by atoms with Crippen LogP contribution in [0.15, 0.2) is 83.4 Å². The van der Waals surface area contributed by atoms with Crippen molar-refractivity contribution >= 4 is 5.91 Å². The third kappa shape index (κ3) is 3.84. The normalized spacial score (nSPS) is 15.1. The molecule has 1 aliphatic rings. The highest BCUT2D eigenvalue weighted by Gasteiger charge is 2.35. The average Bonchev–Trinajstić information content (AvgIpc) is 3.38. The Labute approximate surface area is 192 Å². The van der Waals surface area contributed by atoms with Crippen molar-refractivity contribution in [1.82, 2.24) is 10.1 Å². The van der Waals surface area contributed by atoms with E-state index in [0.29, 0.717) is 30.2 Å². The van der Waals surface area contributed by atoms with Gasteiger partial charge in [0.15, 0.2) is 11.5 Å². The quantitative estimate of drug-likeness (QED) is 0.430. The van der Waals surface area contributed by atoms with Gasteiger partial charge in [0, 0.05) is 18.2 Å². The topological polar surface area (TPSA) is 64.8 Å². The highest BCUT2D eigenvalue weighted by Crippen LogP contribution is 2.41. The van der Waals surface area contributed by atoms with Crippen LogP contribution in [0.1, 0.15) is 33.3 Å². The van der Waals surface area contributed by atoms with Gasteiger partial charge in [-0.2, -0.15) is 0 Å². The number of methoxy groups -OCH3 is 2. The van der Waals surface area contributed by atoms with E-state index in [1.54, 1.807) is 20.3 Å². The van der Waals surface area contributed by atoms with E-state index in [9.17, 15) is 4.79 Å². The first-order valence-electron chi connectivity index (χ1n) is 10.8. The summed E-state index contributed by atoms with van der Waals surface area (Å²) in [5, 5.41) is 4.14. The van der Waals surface area contributed by atoms with E-state index in [2.05, 4.69) is 5.16 Å². The summed E-state index contributed by atoms with van der Waals surface area (Å²) in [6, 6.07) is 25.1. The average molecular weight is 440 g/mol. The number of fused-ring (bicyclic) bond motifs is 1. The third-order valence-corrected chi connectivity index (χ3v) is 6.04. The molecule has 1 aromatic heterocycles. The Morgan fingerprint density at radius 1 is 0.939 bits per heavy atom. The van der Waals surface area contributed by atoms with Crippen LogP contribution in [0.25, 0.3) is 11.3 Å². The molecule has 3 aromatic carbocycles. The number of hydrogen-bond acceptors (Lipinski definition) is 5. The zero-order valence-corrected chi connectivity index (χ0v) is 18.5. The molecule has 1 aliphatic heterocycles. The fraction of sp³-hybridized carbons (Fsp3) is 0.185. The van der Waals surface area contributed by atoms with Crippen molar-refractivity contribution in [3.8, 4) is 22.8 Å².